The van der Waals surface area contributed by atoms with Crippen molar-refractivity contribution in [3.05, 3.63) is 47.8 Å². The molecule has 0 spiro atoms. The van der Waals surface area contributed by atoms with Gasteiger partial charge in [-0.1, -0.05) is 11.8 Å². The van der Waals surface area contributed by atoms with E-state index in [1.807, 2.05) is 4.90 Å². The Kier molecular flexibility index (Phi) is 9.09. The zero-order valence-electron chi connectivity index (χ0n) is 24.4. The molecule has 44 heavy (non-hydrogen) atoms. The van der Waals surface area contributed by atoms with E-state index in [0.29, 0.717) is 83.4 Å². The lowest BCUT2D eigenvalue weighted by Gasteiger charge is -2.34. The van der Waals surface area contributed by atoms with Crippen LogP contribution in [0.15, 0.2) is 41.7 Å². The number of thioether (sulfide) groups is 1. The third kappa shape index (κ3) is 6.56. The van der Waals surface area contributed by atoms with Crippen molar-refractivity contribution >= 4 is 40.6 Å². The monoisotopic (exact) mass is 623 g/mol. The first-order valence-corrected chi connectivity index (χ1v) is 15.7. The van der Waals surface area contributed by atoms with Crippen molar-refractivity contribution in [2.24, 2.45) is 5.92 Å². The van der Waals surface area contributed by atoms with Gasteiger partial charge >= 0.3 is 0 Å². The SMILES string of the molecule is COc1cc2ccc1NCC#Cc1cc3c(nccn3c1SC(F)F)NC1CCN(CC1)C(=O)[C@H]1CCN(CCNC2=O)C1. The van der Waals surface area contributed by atoms with E-state index in [-0.39, 0.29) is 30.3 Å². The number of hydrogen-bond acceptors (Lipinski definition) is 8. The van der Waals surface area contributed by atoms with E-state index in [9.17, 15) is 18.4 Å². The minimum Gasteiger partial charge on any atom is -0.495 e. The third-order valence-electron chi connectivity index (χ3n) is 8.39. The van der Waals surface area contributed by atoms with E-state index in [1.165, 1.54) is 7.11 Å². The number of anilines is 2. The lowest BCUT2D eigenvalue weighted by molar-refractivity contribution is -0.136. The van der Waals surface area contributed by atoms with Gasteiger partial charge in [0.1, 0.15) is 10.8 Å². The average molecular weight is 624 g/mol. The summed E-state index contributed by atoms with van der Waals surface area (Å²) in [6.45, 7) is 4.17. The first-order valence-electron chi connectivity index (χ1n) is 14.8. The molecule has 2 saturated heterocycles. The van der Waals surface area contributed by atoms with Crippen LogP contribution < -0.4 is 20.7 Å². The molecule has 0 radical (unpaired) electrons. The van der Waals surface area contributed by atoms with Crippen molar-refractivity contribution in [2.45, 2.75) is 36.1 Å². The maximum atomic E-state index is 13.6. The van der Waals surface area contributed by atoms with Crippen LogP contribution in [-0.2, 0) is 4.79 Å². The van der Waals surface area contributed by atoms with Gasteiger partial charge in [0, 0.05) is 56.7 Å². The van der Waals surface area contributed by atoms with Crippen molar-refractivity contribution in [2.75, 3.05) is 63.6 Å². The number of alkyl halides is 2. The lowest BCUT2D eigenvalue weighted by atomic mass is 10.0. The molecule has 8 heterocycles. The number of hydrogen-bond donors (Lipinski definition) is 3. The molecule has 232 valence electrons. The molecule has 0 aliphatic carbocycles. The van der Waals surface area contributed by atoms with E-state index < -0.39 is 5.76 Å². The summed E-state index contributed by atoms with van der Waals surface area (Å²) in [4.78, 5) is 34.9. The molecule has 2 amide bonds. The van der Waals surface area contributed by atoms with Gasteiger partial charge in [0.05, 0.1) is 36.3 Å². The summed E-state index contributed by atoms with van der Waals surface area (Å²) in [6, 6.07) is 7.01. The third-order valence-corrected chi connectivity index (χ3v) is 9.21. The van der Waals surface area contributed by atoms with Gasteiger partial charge in [0.15, 0.2) is 5.82 Å². The van der Waals surface area contributed by atoms with Gasteiger partial charge in [-0.15, -0.1) is 0 Å². The van der Waals surface area contributed by atoms with E-state index in [2.05, 4.69) is 37.7 Å². The van der Waals surface area contributed by atoms with Crippen LogP contribution in [0.3, 0.4) is 0 Å². The van der Waals surface area contributed by atoms with Crippen LogP contribution in [0.5, 0.6) is 5.75 Å². The normalized spacial score (nSPS) is 22.6. The second kappa shape index (κ2) is 13.3. The molecule has 6 aliphatic rings. The van der Waals surface area contributed by atoms with Crippen LogP contribution in [0.2, 0.25) is 0 Å². The van der Waals surface area contributed by atoms with Crippen LogP contribution in [-0.4, -0.2) is 95.7 Å². The largest absolute Gasteiger partial charge is 0.495 e. The summed E-state index contributed by atoms with van der Waals surface area (Å²) in [6.07, 6.45) is 5.59. The van der Waals surface area contributed by atoms with Gasteiger partial charge in [-0.3, -0.25) is 9.59 Å². The van der Waals surface area contributed by atoms with Gasteiger partial charge in [-0.2, -0.15) is 8.78 Å². The molecule has 2 aromatic heterocycles. The molecule has 9 rings (SSSR count). The van der Waals surface area contributed by atoms with Crippen LogP contribution >= 0.6 is 11.8 Å². The summed E-state index contributed by atoms with van der Waals surface area (Å²) < 4.78 is 34.4. The van der Waals surface area contributed by atoms with Gasteiger partial charge in [-0.05, 0) is 61.8 Å². The Morgan fingerprint density at radius 2 is 1.93 bits per heavy atom. The van der Waals surface area contributed by atoms with E-state index in [4.69, 9.17) is 4.74 Å². The fourth-order valence-electron chi connectivity index (χ4n) is 6.10. The number of rotatable bonds is 3. The molecule has 2 atom stereocenters. The number of methoxy groups -OCH3 is 1. The standard InChI is InChI=1S/C31H35F2N7O3S/c1-43-26-18-20-4-5-24(26)34-9-2-3-21-17-25-27(35-11-16-40(25)30(21)44-31(32)33)37-23-7-13-39(14-8-23)29(42)22-6-12-38(19-22)15-10-36-28(20)41/h4-5,11,16-18,22-23,31,34H,6-10,12-15,19H2,1H3,(H,35,37)(H,36,41)/t22-/m0/s1. The minimum absolute atomic E-state index is 0.0459. The first-order chi connectivity index (χ1) is 21.4. The molecule has 8 bridgehead atoms. The molecule has 2 fully saturated rings. The van der Waals surface area contributed by atoms with Crippen LogP contribution in [0.25, 0.3) is 5.52 Å². The molecule has 0 saturated carbocycles. The van der Waals surface area contributed by atoms with Gasteiger partial charge < -0.3 is 34.9 Å². The van der Waals surface area contributed by atoms with Crippen molar-refractivity contribution in [1.29, 1.82) is 0 Å². The summed E-state index contributed by atoms with van der Waals surface area (Å²) in [5, 5.41) is 10.0. The molecule has 3 N–H and O–H groups in total. The highest BCUT2D eigenvalue weighted by molar-refractivity contribution is 7.99. The lowest BCUT2D eigenvalue weighted by Crippen LogP contribution is -2.45. The van der Waals surface area contributed by atoms with Crippen LogP contribution in [0.4, 0.5) is 20.3 Å². The smallest absolute Gasteiger partial charge is 0.290 e. The molecular weight excluding hydrogens is 588 g/mol. The maximum Gasteiger partial charge on any atom is 0.290 e. The number of benzene rings is 1. The number of carbonyl (C=O) groups excluding carboxylic acids is 2. The molecule has 3 aromatic rings. The fraction of sp³-hybridized carbons (Fsp3) is 0.452. The number of ether oxygens (including phenoxy) is 1. The second-order valence-electron chi connectivity index (χ2n) is 11.1. The number of nitrogens with one attached hydrogen (secondary N) is 3. The highest BCUT2D eigenvalue weighted by Crippen LogP contribution is 2.33. The van der Waals surface area contributed by atoms with Crippen LogP contribution in [0.1, 0.15) is 35.2 Å². The number of piperidine rings is 1. The maximum absolute atomic E-state index is 13.6. The molecule has 6 aliphatic heterocycles. The predicted octanol–water partition coefficient (Wildman–Crippen LogP) is 3.59. The van der Waals surface area contributed by atoms with E-state index in [0.717, 1.165) is 25.8 Å². The fourth-order valence-corrected chi connectivity index (χ4v) is 6.78. The van der Waals surface area contributed by atoms with Gasteiger partial charge in [-0.25, -0.2) is 4.98 Å². The highest BCUT2D eigenvalue weighted by Gasteiger charge is 2.33. The Morgan fingerprint density at radius 1 is 1.09 bits per heavy atom. The molecule has 1 unspecified atom stereocenters. The topological polar surface area (TPSA) is 103 Å². The average Bonchev–Trinajstić information content (AvgIpc) is 3.64. The molecule has 13 heteroatoms. The first kappa shape index (κ1) is 30.0. The summed E-state index contributed by atoms with van der Waals surface area (Å²) >= 11 is 0.449. The Hall–Kier alpha value is -4.02. The van der Waals surface area contributed by atoms with Crippen molar-refractivity contribution < 1.29 is 23.1 Å². The highest BCUT2D eigenvalue weighted by atomic mass is 32.2. The molecule has 10 nitrogen and oxygen atoms in total. The molecular formula is C31H35F2N7O3S. The van der Waals surface area contributed by atoms with E-state index >= 15 is 0 Å². The van der Waals surface area contributed by atoms with Gasteiger partial charge in [0.25, 0.3) is 11.7 Å². The summed E-state index contributed by atoms with van der Waals surface area (Å²) in [7, 11) is 1.53. The zero-order valence-corrected chi connectivity index (χ0v) is 25.3. The Morgan fingerprint density at radius 3 is 2.73 bits per heavy atom. The van der Waals surface area contributed by atoms with E-state index in [1.54, 1.807) is 41.1 Å². The Balaban J connectivity index is 1.29. The van der Waals surface area contributed by atoms with Crippen molar-refractivity contribution in [3.8, 4) is 17.6 Å². The Labute approximate surface area is 258 Å². The van der Waals surface area contributed by atoms with Crippen molar-refractivity contribution in [1.82, 2.24) is 24.5 Å². The number of amides is 2. The quantitative estimate of drug-likeness (QED) is 0.301. The number of nitrogens with zero attached hydrogens (tertiary/aromatic N) is 4. The number of carbonyl (C=O) groups is 2. The molecule has 1 aromatic carbocycles. The number of halogens is 2. The van der Waals surface area contributed by atoms with Crippen molar-refractivity contribution in [3.63, 3.8) is 0 Å². The minimum atomic E-state index is -2.62. The Bertz CT molecular complexity index is 1600. The van der Waals surface area contributed by atoms with Crippen LogP contribution in [0, 0.1) is 17.8 Å². The zero-order chi connectivity index (χ0) is 30.6. The summed E-state index contributed by atoms with van der Waals surface area (Å²) in [5.74, 6) is 4.48. The van der Waals surface area contributed by atoms with Gasteiger partial charge in [0.2, 0.25) is 5.91 Å². The number of aromatic nitrogens is 2. The summed E-state index contributed by atoms with van der Waals surface area (Å²) in [5.41, 5.74) is 2.26. The predicted molar refractivity (Wildman–Crippen MR) is 166 cm³/mol. The second-order valence-corrected chi connectivity index (χ2v) is 12.1.